The molecule has 0 saturated carbocycles. The first-order chi connectivity index (χ1) is 12.5. The Balaban J connectivity index is 2.18. The molecule has 136 valence electrons. The number of pyridine rings is 1. The number of hydrogen-bond acceptors (Lipinski definition) is 5. The highest BCUT2D eigenvalue weighted by molar-refractivity contribution is 6.31. The van der Waals surface area contributed by atoms with Gasteiger partial charge in [0.15, 0.2) is 11.5 Å². The first-order valence-electron chi connectivity index (χ1n) is 7.79. The molecule has 0 fully saturated rings. The topological polar surface area (TPSA) is 69.9 Å². The molecule has 3 aromatic rings. The van der Waals surface area contributed by atoms with Crippen LogP contribution in [-0.2, 0) is 6.54 Å². The molecule has 1 aromatic heterocycles. The van der Waals surface area contributed by atoms with E-state index in [2.05, 4.69) is 0 Å². The van der Waals surface area contributed by atoms with Crippen LogP contribution in [0.5, 0.6) is 23.0 Å². The van der Waals surface area contributed by atoms with Crippen LogP contribution in [0.25, 0.3) is 10.9 Å². The Hall–Kier alpha value is -2.86. The van der Waals surface area contributed by atoms with E-state index in [1.807, 2.05) is 0 Å². The number of aromatic hydroxyl groups is 1. The van der Waals surface area contributed by atoms with E-state index in [0.29, 0.717) is 33.2 Å². The Labute approximate surface area is 155 Å². The lowest BCUT2D eigenvalue weighted by Crippen LogP contribution is -2.20. The highest BCUT2D eigenvalue weighted by Crippen LogP contribution is 2.38. The first kappa shape index (κ1) is 17.9. The minimum Gasteiger partial charge on any atom is -0.507 e. The van der Waals surface area contributed by atoms with Crippen molar-refractivity contribution in [2.75, 3.05) is 21.3 Å². The van der Waals surface area contributed by atoms with Gasteiger partial charge in [0.2, 0.25) is 5.75 Å². The third-order valence-corrected chi connectivity index (χ3v) is 4.35. The molecule has 0 aliphatic rings. The van der Waals surface area contributed by atoms with Crippen molar-refractivity contribution in [2.24, 2.45) is 0 Å². The molecule has 0 aliphatic heterocycles. The summed E-state index contributed by atoms with van der Waals surface area (Å²) in [5.74, 6) is 1.39. The summed E-state index contributed by atoms with van der Waals surface area (Å²) >= 11 is 6.08. The molecule has 0 bridgehead atoms. The molecule has 2 aromatic carbocycles. The van der Waals surface area contributed by atoms with E-state index in [0.717, 1.165) is 5.56 Å². The number of hydrogen-bond donors (Lipinski definition) is 1. The fraction of sp³-hybridized carbons (Fsp3) is 0.211. The molecule has 0 spiro atoms. The maximum atomic E-state index is 12.5. The van der Waals surface area contributed by atoms with Gasteiger partial charge in [-0.1, -0.05) is 11.6 Å². The summed E-state index contributed by atoms with van der Waals surface area (Å²) in [5.41, 5.74) is 0.968. The van der Waals surface area contributed by atoms with E-state index in [4.69, 9.17) is 25.8 Å². The number of benzene rings is 2. The zero-order valence-corrected chi connectivity index (χ0v) is 15.3. The zero-order chi connectivity index (χ0) is 18.8. The van der Waals surface area contributed by atoms with Crippen molar-refractivity contribution in [1.82, 2.24) is 4.57 Å². The standard InChI is InChI=1S/C19H18ClNO5/c1-24-16-6-11(7-17(25-2)19(16)26-3)10-21-14-8-12(20)4-5-13(14)15(22)9-18(21)23/h4-9,22H,10H2,1-3H3. The Morgan fingerprint density at radius 1 is 1.00 bits per heavy atom. The lowest BCUT2D eigenvalue weighted by molar-refractivity contribution is 0.323. The predicted molar refractivity (Wildman–Crippen MR) is 100 cm³/mol. The number of nitrogens with zero attached hydrogens (tertiary/aromatic N) is 1. The van der Waals surface area contributed by atoms with Gasteiger partial charge < -0.3 is 23.9 Å². The summed E-state index contributed by atoms with van der Waals surface area (Å²) in [5, 5.41) is 11.1. The van der Waals surface area contributed by atoms with Gasteiger partial charge in [0, 0.05) is 16.5 Å². The highest BCUT2D eigenvalue weighted by atomic mass is 35.5. The maximum Gasteiger partial charge on any atom is 0.255 e. The van der Waals surface area contributed by atoms with Gasteiger partial charge in [-0.3, -0.25) is 4.79 Å². The van der Waals surface area contributed by atoms with Gasteiger partial charge in [-0.25, -0.2) is 0 Å². The summed E-state index contributed by atoms with van der Waals surface area (Å²) in [7, 11) is 4.59. The molecule has 1 N–H and O–H groups in total. The average molecular weight is 376 g/mol. The quantitative estimate of drug-likeness (QED) is 0.739. The molecule has 0 aliphatic carbocycles. The van der Waals surface area contributed by atoms with Crippen molar-refractivity contribution < 1.29 is 19.3 Å². The van der Waals surface area contributed by atoms with Gasteiger partial charge in [0.05, 0.1) is 33.4 Å². The Bertz CT molecular complexity index is 1000. The van der Waals surface area contributed by atoms with Crippen LogP contribution in [0.2, 0.25) is 5.02 Å². The van der Waals surface area contributed by atoms with Gasteiger partial charge in [-0.2, -0.15) is 0 Å². The van der Waals surface area contributed by atoms with Crippen molar-refractivity contribution in [3.8, 4) is 23.0 Å². The normalized spacial score (nSPS) is 10.8. The van der Waals surface area contributed by atoms with Gasteiger partial charge in [-0.15, -0.1) is 0 Å². The number of ether oxygens (including phenoxy) is 3. The smallest absolute Gasteiger partial charge is 0.255 e. The number of aromatic nitrogens is 1. The summed E-state index contributed by atoms with van der Waals surface area (Å²) in [4.78, 5) is 12.5. The van der Waals surface area contributed by atoms with Crippen LogP contribution in [0.4, 0.5) is 0 Å². The van der Waals surface area contributed by atoms with Crippen molar-refractivity contribution in [3.63, 3.8) is 0 Å². The fourth-order valence-corrected chi connectivity index (χ4v) is 3.07. The fourth-order valence-electron chi connectivity index (χ4n) is 2.91. The zero-order valence-electron chi connectivity index (χ0n) is 14.6. The molecule has 0 unspecified atom stereocenters. The largest absolute Gasteiger partial charge is 0.507 e. The summed E-state index contributed by atoms with van der Waals surface area (Å²) in [6, 6.07) is 9.73. The van der Waals surface area contributed by atoms with Crippen molar-refractivity contribution in [3.05, 3.63) is 57.3 Å². The van der Waals surface area contributed by atoms with E-state index >= 15 is 0 Å². The average Bonchev–Trinajstić information content (AvgIpc) is 2.63. The number of fused-ring (bicyclic) bond motifs is 1. The van der Waals surface area contributed by atoms with Gasteiger partial charge in [-0.05, 0) is 35.9 Å². The Kier molecular flexibility index (Phi) is 4.95. The molecular formula is C19H18ClNO5. The van der Waals surface area contributed by atoms with E-state index in [1.165, 1.54) is 32.0 Å². The van der Waals surface area contributed by atoms with E-state index < -0.39 is 0 Å². The van der Waals surface area contributed by atoms with Crippen LogP contribution < -0.4 is 19.8 Å². The third kappa shape index (κ3) is 3.15. The molecular weight excluding hydrogens is 358 g/mol. The monoisotopic (exact) mass is 375 g/mol. The van der Waals surface area contributed by atoms with Crippen LogP contribution in [-0.4, -0.2) is 31.0 Å². The molecule has 0 saturated heterocycles. The van der Waals surface area contributed by atoms with Gasteiger partial charge in [0.25, 0.3) is 5.56 Å². The maximum absolute atomic E-state index is 12.5. The third-order valence-electron chi connectivity index (χ3n) is 4.12. The molecule has 0 radical (unpaired) electrons. The number of rotatable bonds is 5. The van der Waals surface area contributed by atoms with Crippen LogP contribution in [0.1, 0.15) is 5.56 Å². The molecule has 7 heteroatoms. The molecule has 1 heterocycles. The van der Waals surface area contributed by atoms with Crippen molar-refractivity contribution in [1.29, 1.82) is 0 Å². The molecule has 0 amide bonds. The SMILES string of the molecule is COc1cc(Cn2c(=O)cc(O)c3ccc(Cl)cc32)cc(OC)c1OC. The lowest BCUT2D eigenvalue weighted by atomic mass is 10.1. The summed E-state index contributed by atoms with van der Waals surface area (Å²) in [6.07, 6.45) is 0. The van der Waals surface area contributed by atoms with Gasteiger partial charge >= 0.3 is 0 Å². The Morgan fingerprint density at radius 3 is 2.23 bits per heavy atom. The Morgan fingerprint density at radius 2 is 1.65 bits per heavy atom. The lowest BCUT2D eigenvalue weighted by Gasteiger charge is -2.16. The highest BCUT2D eigenvalue weighted by Gasteiger charge is 2.15. The van der Waals surface area contributed by atoms with Crippen molar-refractivity contribution >= 4 is 22.5 Å². The molecule has 6 nitrogen and oxygen atoms in total. The van der Waals surface area contributed by atoms with Crippen LogP contribution in [0.15, 0.2) is 41.2 Å². The second-order valence-corrected chi connectivity index (χ2v) is 6.09. The number of methoxy groups -OCH3 is 3. The second-order valence-electron chi connectivity index (χ2n) is 5.65. The first-order valence-corrected chi connectivity index (χ1v) is 8.17. The van der Waals surface area contributed by atoms with E-state index in [1.54, 1.807) is 30.3 Å². The minimum absolute atomic E-state index is 0.0807. The van der Waals surface area contributed by atoms with E-state index in [9.17, 15) is 9.90 Å². The molecule has 0 atom stereocenters. The number of halogens is 1. The molecule has 3 rings (SSSR count). The second kappa shape index (κ2) is 7.17. The van der Waals surface area contributed by atoms with Crippen LogP contribution in [0.3, 0.4) is 0 Å². The summed E-state index contributed by atoms with van der Waals surface area (Å²) < 4.78 is 17.6. The van der Waals surface area contributed by atoms with E-state index in [-0.39, 0.29) is 17.9 Å². The molecule has 26 heavy (non-hydrogen) atoms. The van der Waals surface area contributed by atoms with Crippen LogP contribution in [0, 0.1) is 0 Å². The van der Waals surface area contributed by atoms with Crippen molar-refractivity contribution in [2.45, 2.75) is 6.54 Å². The van der Waals surface area contributed by atoms with Gasteiger partial charge in [0.1, 0.15) is 5.75 Å². The van der Waals surface area contributed by atoms with Crippen LogP contribution >= 0.6 is 11.6 Å². The minimum atomic E-state index is -0.342. The predicted octanol–water partition coefficient (Wildman–Crippen LogP) is 3.43. The summed E-state index contributed by atoms with van der Waals surface area (Å²) in [6.45, 7) is 0.243.